The summed E-state index contributed by atoms with van der Waals surface area (Å²) in [5.74, 6) is 1.10. The van der Waals surface area contributed by atoms with Crippen LogP contribution >= 0.6 is 0 Å². The van der Waals surface area contributed by atoms with E-state index in [0.29, 0.717) is 0 Å². The molecule has 1 aliphatic heterocycles. The van der Waals surface area contributed by atoms with Gasteiger partial charge in [-0.2, -0.15) is 0 Å². The van der Waals surface area contributed by atoms with Gasteiger partial charge in [0.25, 0.3) is 0 Å². The summed E-state index contributed by atoms with van der Waals surface area (Å²) >= 11 is 0. The highest BCUT2D eigenvalue weighted by molar-refractivity contribution is 4.76. The average Bonchev–Trinajstić information content (AvgIpc) is 2.86. The fourth-order valence-corrected chi connectivity index (χ4v) is 1.71. The monoisotopic (exact) mass is 154 g/mol. The smallest absolute Gasteiger partial charge is 0.0107 e. The zero-order chi connectivity index (χ0) is 7.52. The Labute approximate surface area is 69.0 Å². The van der Waals surface area contributed by atoms with Crippen LogP contribution in [0.15, 0.2) is 0 Å². The molecule has 2 aliphatic rings. The average molecular weight is 154 g/mol. The van der Waals surface area contributed by atoms with Crippen molar-refractivity contribution in [3.05, 3.63) is 0 Å². The molecule has 0 aromatic rings. The lowest BCUT2D eigenvalue weighted by molar-refractivity contribution is 0.234. The first-order chi connectivity index (χ1) is 5.45. The Balaban J connectivity index is 1.59. The van der Waals surface area contributed by atoms with Crippen LogP contribution < -0.4 is 5.32 Å². The second-order valence-electron chi connectivity index (χ2n) is 3.82. The first-order valence-electron chi connectivity index (χ1n) is 4.88. The van der Waals surface area contributed by atoms with Gasteiger partial charge in [0.15, 0.2) is 0 Å². The summed E-state index contributed by atoms with van der Waals surface area (Å²) in [6, 6.07) is 0. The molecular weight excluding hydrogens is 136 g/mol. The van der Waals surface area contributed by atoms with Crippen molar-refractivity contribution in [2.75, 3.05) is 32.7 Å². The lowest BCUT2D eigenvalue weighted by atomic mass is 10.2. The molecule has 0 aromatic heterocycles. The fourth-order valence-electron chi connectivity index (χ4n) is 1.71. The molecule has 0 unspecified atom stereocenters. The molecule has 0 radical (unpaired) electrons. The summed E-state index contributed by atoms with van der Waals surface area (Å²) in [5, 5.41) is 3.38. The molecule has 1 N–H and O–H groups in total. The van der Waals surface area contributed by atoms with E-state index in [1.54, 1.807) is 0 Å². The van der Waals surface area contributed by atoms with Crippen molar-refractivity contribution in [2.24, 2.45) is 5.92 Å². The van der Waals surface area contributed by atoms with Crippen molar-refractivity contribution in [3.63, 3.8) is 0 Å². The third kappa shape index (κ3) is 2.46. The zero-order valence-corrected chi connectivity index (χ0v) is 7.18. The Hall–Kier alpha value is -0.0800. The number of nitrogens with one attached hydrogen (secondary N) is 1. The van der Waals surface area contributed by atoms with E-state index in [-0.39, 0.29) is 0 Å². The molecule has 2 nitrogen and oxygen atoms in total. The molecule has 1 saturated heterocycles. The minimum Gasteiger partial charge on any atom is -0.314 e. The van der Waals surface area contributed by atoms with Crippen molar-refractivity contribution < 1.29 is 0 Å². The van der Waals surface area contributed by atoms with E-state index in [9.17, 15) is 0 Å². The Kier molecular flexibility index (Phi) is 2.44. The normalized spacial score (nSPS) is 27.3. The summed E-state index contributed by atoms with van der Waals surface area (Å²) in [6.07, 6.45) is 4.47. The Bertz CT molecular complexity index is 115. The van der Waals surface area contributed by atoms with E-state index < -0.39 is 0 Å². The quantitative estimate of drug-likeness (QED) is 0.643. The number of hydrogen-bond donors (Lipinski definition) is 1. The van der Waals surface area contributed by atoms with E-state index in [2.05, 4.69) is 10.2 Å². The molecule has 2 heteroatoms. The van der Waals surface area contributed by atoms with Gasteiger partial charge in [0, 0.05) is 26.2 Å². The molecule has 0 bridgehead atoms. The van der Waals surface area contributed by atoms with Gasteiger partial charge in [-0.25, -0.2) is 0 Å². The van der Waals surface area contributed by atoms with Gasteiger partial charge in [-0.05, 0) is 18.9 Å². The zero-order valence-electron chi connectivity index (χ0n) is 7.18. The van der Waals surface area contributed by atoms with Gasteiger partial charge >= 0.3 is 0 Å². The molecule has 1 saturated carbocycles. The first-order valence-corrected chi connectivity index (χ1v) is 4.88. The number of piperazine rings is 1. The summed E-state index contributed by atoms with van der Waals surface area (Å²) < 4.78 is 0. The number of rotatable bonds is 3. The molecular formula is C9H18N2. The highest BCUT2D eigenvalue weighted by Crippen LogP contribution is 2.32. The molecule has 2 fully saturated rings. The van der Waals surface area contributed by atoms with Gasteiger partial charge in [-0.1, -0.05) is 12.8 Å². The summed E-state index contributed by atoms with van der Waals surface area (Å²) in [7, 11) is 0. The molecule has 1 aliphatic carbocycles. The van der Waals surface area contributed by atoms with E-state index in [4.69, 9.17) is 0 Å². The SMILES string of the molecule is C1CN(CCC2CC2)CCN1. The largest absolute Gasteiger partial charge is 0.314 e. The van der Waals surface area contributed by atoms with Crippen molar-refractivity contribution in [1.82, 2.24) is 10.2 Å². The highest BCUT2D eigenvalue weighted by Gasteiger charge is 2.21. The van der Waals surface area contributed by atoms with E-state index in [1.807, 2.05) is 0 Å². The number of nitrogens with zero attached hydrogens (tertiary/aromatic N) is 1. The summed E-state index contributed by atoms with van der Waals surface area (Å²) in [6.45, 7) is 6.29. The van der Waals surface area contributed by atoms with Crippen LogP contribution in [0, 0.1) is 5.92 Å². The minimum atomic E-state index is 1.10. The van der Waals surface area contributed by atoms with Gasteiger partial charge in [0.2, 0.25) is 0 Å². The molecule has 1 heterocycles. The Morgan fingerprint density at radius 3 is 2.55 bits per heavy atom. The molecule has 2 rings (SSSR count). The lowest BCUT2D eigenvalue weighted by Gasteiger charge is -2.26. The second kappa shape index (κ2) is 3.55. The Morgan fingerprint density at radius 1 is 1.18 bits per heavy atom. The van der Waals surface area contributed by atoms with Crippen molar-refractivity contribution in [2.45, 2.75) is 19.3 Å². The third-order valence-corrected chi connectivity index (χ3v) is 2.76. The fraction of sp³-hybridized carbons (Fsp3) is 1.00. The Morgan fingerprint density at radius 2 is 1.91 bits per heavy atom. The van der Waals surface area contributed by atoms with Gasteiger partial charge in [-0.3, -0.25) is 0 Å². The summed E-state index contributed by atoms with van der Waals surface area (Å²) in [4.78, 5) is 2.59. The maximum absolute atomic E-state index is 3.38. The van der Waals surface area contributed by atoms with Crippen LogP contribution in [0.1, 0.15) is 19.3 Å². The molecule has 64 valence electrons. The van der Waals surface area contributed by atoms with Gasteiger partial charge in [-0.15, -0.1) is 0 Å². The molecule has 11 heavy (non-hydrogen) atoms. The van der Waals surface area contributed by atoms with E-state index in [0.717, 1.165) is 5.92 Å². The van der Waals surface area contributed by atoms with E-state index >= 15 is 0 Å². The summed E-state index contributed by atoms with van der Waals surface area (Å²) in [5.41, 5.74) is 0. The number of hydrogen-bond acceptors (Lipinski definition) is 2. The maximum Gasteiger partial charge on any atom is 0.0107 e. The lowest BCUT2D eigenvalue weighted by Crippen LogP contribution is -2.43. The van der Waals surface area contributed by atoms with Crippen molar-refractivity contribution >= 4 is 0 Å². The molecule has 0 aromatic carbocycles. The van der Waals surface area contributed by atoms with Crippen LogP contribution in [-0.4, -0.2) is 37.6 Å². The standard InChI is InChI=1S/C9H18N2/c1-2-9(1)3-6-11-7-4-10-5-8-11/h9-10H,1-8H2. The topological polar surface area (TPSA) is 15.3 Å². The molecule has 0 atom stereocenters. The highest BCUT2D eigenvalue weighted by atomic mass is 15.2. The van der Waals surface area contributed by atoms with Crippen LogP contribution in [-0.2, 0) is 0 Å². The van der Waals surface area contributed by atoms with Crippen LogP contribution in [0.2, 0.25) is 0 Å². The van der Waals surface area contributed by atoms with Crippen LogP contribution in [0.4, 0.5) is 0 Å². The second-order valence-corrected chi connectivity index (χ2v) is 3.82. The van der Waals surface area contributed by atoms with E-state index in [1.165, 1.54) is 52.0 Å². The van der Waals surface area contributed by atoms with Crippen molar-refractivity contribution in [3.8, 4) is 0 Å². The van der Waals surface area contributed by atoms with Gasteiger partial charge < -0.3 is 10.2 Å². The van der Waals surface area contributed by atoms with Crippen LogP contribution in [0.3, 0.4) is 0 Å². The van der Waals surface area contributed by atoms with Crippen molar-refractivity contribution in [1.29, 1.82) is 0 Å². The van der Waals surface area contributed by atoms with Gasteiger partial charge in [0.05, 0.1) is 0 Å². The predicted octanol–water partition coefficient (Wildman–Crippen LogP) is 0.692. The molecule has 0 spiro atoms. The predicted molar refractivity (Wildman–Crippen MR) is 46.7 cm³/mol. The van der Waals surface area contributed by atoms with Crippen LogP contribution in [0.5, 0.6) is 0 Å². The third-order valence-electron chi connectivity index (χ3n) is 2.76. The minimum absolute atomic E-state index is 1.10. The first kappa shape index (κ1) is 7.56. The molecule has 0 amide bonds. The maximum atomic E-state index is 3.38. The van der Waals surface area contributed by atoms with Gasteiger partial charge in [0.1, 0.15) is 0 Å². The van der Waals surface area contributed by atoms with Crippen LogP contribution in [0.25, 0.3) is 0 Å².